The van der Waals surface area contributed by atoms with E-state index in [1.54, 1.807) is 29.2 Å². The minimum atomic E-state index is -0.889. The normalized spacial score (nSPS) is 14.6. The number of fused-ring (bicyclic) bond motifs is 1. The monoisotopic (exact) mass is 565 g/mol. The maximum absolute atomic E-state index is 13.3. The van der Waals surface area contributed by atoms with Gasteiger partial charge in [-0.05, 0) is 61.1 Å². The molecule has 0 radical (unpaired) electrons. The van der Waals surface area contributed by atoms with Crippen LogP contribution in [0.15, 0.2) is 67.5 Å². The van der Waals surface area contributed by atoms with Crippen LogP contribution in [0.3, 0.4) is 0 Å². The van der Waals surface area contributed by atoms with Crippen molar-refractivity contribution in [2.45, 2.75) is 31.7 Å². The van der Waals surface area contributed by atoms with Crippen LogP contribution in [0.4, 0.5) is 15.0 Å². The standard InChI is InChI=1S/C30H28FN9O2/c1-19(21-3-6-28(34-13-21)39-18-25(31)16-36-39)37(2)27-5-4-22(14-33-27)26-11-23(17-40-29(26)24(12-32)15-35-40)20-7-9-38(10-8-20)30(41)42/h3-6,11,13-20H,7-10H2,1-2H3,(H,41,42)/t19-/m0/s1. The summed E-state index contributed by atoms with van der Waals surface area (Å²) in [5.41, 5.74) is 4.90. The number of hydrogen-bond donors (Lipinski definition) is 1. The van der Waals surface area contributed by atoms with Crippen molar-refractivity contribution in [2.75, 3.05) is 25.0 Å². The molecule has 1 amide bonds. The number of amides is 1. The lowest BCUT2D eigenvalue weighted by Gasteiger charge is -2.30. The van der Waals surface area contributed by atoms with E-state index < -0.39 is 11.9 Å². The van der Waals surface area contributed by atoms with E-state index in [4.69, 9.17) is 4.98 Å². The quantitative estimate of drug-likeness (QED) is 0.303. The minimum Gasteiger partial charge on any atom is -0.465 e. The topological polar surface area (TPSA) is 128 Å². The van der Waals surface area contributed by atoms with Gasteiger partial charge in [0.2, 0.25) is 0 Å². The first-order valence-corrected chi connectivity index (χ1v) is 13.6. The molecule has 212 valence electrons. The van der Waals surface area contributed by atoms with Crippen molar-refractivity contribution in [1.29, 1.82) is 5.26 Å². The zero-order valence-electron chi connectivity index (χ0n) is 23.1. The van der Waals surface area contributed by atoms with Crippen molar-refractivity contribution in [3.8, 4) is 23.0 Å². The maximum atomic E-state index is 13.3. The Hall–Kier alpha value is -5.31. The molecule has 0 unspecified atom stereocenters. The number of piperidine rings is 1. The molecule has 1 aliphatic heterocycles. The third-order valence-corrected chi connectivity index (χ3v) is 8.03. The molecule has 1 saturated heterocycles. The van der Waals surface area contributed by atoms with E-state index in [-0.39, 0.29) is 12.0 Å². The van der Waals surface area contributed by atoms with Crippen molar-refractivity contribution >= 4 is 17.4 Å². The molecule has 11 nitrogen and oxygen atoms in total. The Morgan fingerprint density at radius 2 is 1.90 bits per heavy atom. The Morgan fingerprint density at radius 1 is 1.10 bits per heavy atom. The molecular formula is C30H28FN9O2. The lowest BCUT2D eigenvalue weighted by atomic mass is 9.89. The largest absolute Gasteiger partial charge is 0.465 e. The Labute approximate surface area is 241 Å². The average molecular weight is 566 g/mol. The maximum Gasteiger partial charge on any atom is 0.407 e. The third kappa shape index (κ3) is 5.01. The number of nitriles is 1. The molecule has 42 heavy (non-hydrogen) atoms. The smallest absolute Gasteiger partial charge is 0.407 e. The highest BCUT2D eigenvalue weighted by molar-refractivity contribution is 5.85. The van der Waals surface area contributed by atoms with Crippen molar-refractivity contribution in [1.82, 2.24) is 34.3 Å². The molecule has 6 rings (SSSR count). The zero-order valence-corrected chi connectivity index (χ0v) is 23.1. The highest BCUT2D eigenvalue weighted by Gasteiger charge is 2.25. The Kier molecular flexibility index (Phi) is 7.00. The molecule has 5 aromatic heterocycles. The van der Waals surface area contributed by atoms with E-state index in [0.29, 0.717) is 30.0 Å². The van der Waals surface area contributed by atoms with Gasteiger partial charge >= 0.3 is 6.09 Å². The fourth-order valence-corrected chi connectivity index (χ4v) is 5.45. The van der Waals surface area contributed by atoms with Gasteiger partial charge in [-0.15, -0.1) is 0 Å². The van der Waals surface area contributed by atoms with Crippen molar-refractivity contribution in [3.05, 3.63) is 90.0 Å². The molecule has 0 bridgehead atoms. The van der Waals surface area contributed by atoms with E-state index in [2.05, 4.69) is 27.3 Å². The summed E-state index contributed by atoms with van der Waals surface area (Å²) in [6, 6.07) is 11.9. The summed E-state index contributed by atoms with van der Waals surface area (Å²) >= 11 is 0. The van der Waals surface area contributed by atoms with Gasteiger partial charge in [0.15, 0.2) is 11.6 Å². The first-order chi connectivity index (χ1) is 20.3. The van der Waals surface area contributed by atoms with E-state index in [1.807, 2.05) is 43.3 Å². The summed E-state index contributed by atoms with van der Waals surface area (Å²) in [5.74, 6) is 1.04. The second kappa shape index (κ2) is 10.9. The van der Waals surface area contributed by atoms with E-state index >= 15 is 0 Å². The number of carbonyl (C=O) groups is 1. The molecule has 6 heterocycles. The molecule has 1 atom stereocenters. The Balaban J connectivity index is 1.26. The summed E-state index contributed by atoms with van der Waals surface area (Å²) in [6.45, 7) is 3.02. The van der Waals surface area contributed by atoms with Crippen LogP contribution in [0.2, 0.25) is 0 Å². The van der Waals surface area contributed by atoms with Gasteiger partial charge in [0.1, 0.15) is 11.9 Å². The highest BCUT2D eigenvalue weighted by Crippen LogP contribution is 2.35. The Bertz CT molecular complexity index is 1780. The molecule has 12 heteroatoms. The van der Waals surface area contributed by atoms with Gasteiger partial charge in [-0.1, -0.05) is 6.07 Å². The number of carboxylic acid groups (broad SMARTS) is 1. The highest BCUT2D eigenvalue weighted by atomic mass is 19.1. The van der Waals surface area contributed by atoms with E-state index in [0.717, 1.165) is 47.1 Å². The average Bonchev–Trinajstić information content (AvgIpc) is 3.66. The number of hydrogen-bond acceptors (Lipinski definition) is 7. The fourth-order valence-electron chi connectivity index (χ4n) is 5.45. The van der Waals surface area contributed by atoms with E-state index in [1.165, 1.54) is 15.8 Å². The van der Waals surface area contributed by atoms with Crippen LogP contribution in [0, 0.1) is 17.1 Å². The number of rotatable bonds is 6. The summed E-state index contributed by atoms with van der Waals surface area (Å²) in [5, 5.41) is 27.5. The molecule has 1 aliphatic rings. The van der Waals surface area contributed by atoms with Gasteiger partial charge in [0.25, 0.3) is 0 Å². The first kappa shape index (κ1) is 26.9. The predicted molar refractivity (Wildman–Crippen MR) is 153 cm³/mol. The van der Waals surface area contributed by atoms with Gasteiger partial charge < -0.3 is 14.9 Å². The molecule has 0 spiro atoms. The molecule has 5 aromatic rings. The number of pyridine rings is 3. The van der Waals surface area contributed by atoms with Crippen LogP contribution in [-0.4, -0.2) is 65.6 Å². The van der Waals surface area contributed by atoms with Crippen LogP contribution >= 0.6 is 0 Å². The summed E-state index contributed by atoms with van der Waals surface area (Å²) in [4.78, 5) is 24.0. The summed E-state index contributed by atoms with van der Waals surface area (Å²) in [6.07, 6.45) is 10.0. The number of halogens is 1. The minimum absolute atomic E-state index is 0.0500. The lowest BCUT2D eigenvalue weighted by molar-refractivity contribution is 0.132. The molecule has 0 aliphatic carbocycles. The summed E-state index contributed by atoms with van der Waals surface area (Å²) in [7, 11) is 1.95. The number of nitrogens with zero attached hydrogens (tertiary/aromatic N) is 9. The van der Waals surface area contributed by atoms with Gasteiger partial charge in [0, 0.05) is 49.9 Å². The number of likely N-dealkylation sites (tertiary alicyclic amines) is 1. The zero-order chi connectivity index (χ0) is 29.4. The van der Waals surface area contributed by atoms with Gasteiger partial charge in [-0.25, -0.2) is 28.4 Å². The molecule has 0 aromatic carbocycles. The van der Waals surface area contributed by atoms with Crippen LogP contribution in [0.25, 0.3) is 22.5 Å². The number of anilines is 1. The predicted octanol–water partition coefficient (Wildman–Crippen LogP) is 5.04. The van der Waals surface area contributed by atoms with Crippen molar-refractivity contribution in [2.24, 2.45) is 0 Å². The SMILES string of the molecule is C[C@@H](c1ccc(-n2cc(F)cn2)nc1)N(C)c1ccc(-c2cc(C3CCN(C(=O)O)CC3)cn3ncc(C#N)c23)cn1. The van der Waals surface area contributed by atoms with Crippen LogP contribution in [0.1, 0.15) is 48.4 Å². The van der Waals surface area contributed by atoms with Crippen LogP contribution in [-0.2, 0) is 0 Å². The van der Waals surface area contributed by atoms with Crippen molar-refractivity contribution in [3.63, 3.8) is 0 Å². The molecule has 1 fully saturated rings. The molecule has 1 N–H and O–H groups in total. The van der Waals surface area contributed by atoms with Crippen LogP contribution in [0.5, 0.6) is 0 Å². The lowest BCUT2D eigenvalue weighted by Crippen LogP contribution is -2.36. The third-order valence-electron chi connectivity index (χ3n) is 8.03. The second-order valence-corrected chi connectivity index (χ2v) is 10.4. The Morgan fingerprint density at radius 3 is 2.52 bits per heavy atom. The van der Waals surface area contributed by atoms with E-state index in [9.17, 15) is 19.6 Å². The number of aromatic nitrogens is 6. The molecule has 0 saturated carbocycles. The van der Waals surface area contributed by atoms with Gasteiger partial charge in [-0.3, -0.25) is 0 Å². The van der Waals surface area contributed by atoms with Gasteiger partial charge in [0.05, 0.1) is 35.7 Å². The van der Waals surface area contributed by atoms with Gasteiger partial charge in [-0.2, -0.15) is 15.5 Å². The fraction of sp³-hybridized carbons (Fsp3) is 0.267. The van der Waals surface area contributed by atoms with Crippen LogP contribution < -0.4 is 4.90 Å². The van der Waals surface area contributed by atoms with Crippen molar-refractivity contribution < 1.29 is 14.3 Å². The first-order valence-electron chi connectivity index (χ1n) is 13.6. The summed E-state index contributed by atoms with van der Waals surface area (Å²) < 4.78 is 16.5. The second-order valence-electron chi connectivity index (χ2n) is 10.4. The molecular weight excluding hydrogens is 537 g/mol.